The fraction of sp³-hybridized carbons (Fsp3) is 0.462. The molecule has 0 aliphatic heterocycles. The second kappa shape index (κ2) is 5.54. The quantitative estimate of drug-likeness (QED) is 0.831. The number of carboxylic acid groups (broad SMARTS) is 1. The van der Waals surface area contributed by atoms with Gasteiger partial charge in [0.15, 0.2) is 0 Å². The summed E-state index contributed by atoms with van der Waals surface area (Å²) in [6.45, 7) is 6.60. The van der Waals surface area contributed by atoms with E-state index in [9.17, 15) is 4.79 Å². The zero-order valence-electron chi connectivity index (χ0n) is 10.1. The number of carbonyl (C=O) groups is 1. The Balaban J connectivity index is 2.96. The van der Waals surface area contributed by atoms with E-state index in [4.69, 9.17) is 5.11 Å². The molecule has 0 aliphatic rings. The summed E-state index contributed by atoms with van der Waals surface area (Å²) in [4.78, 5) is 13.0. The molecular weight excluding hydrogens is 202 g/mol. The van der Waals surface area contributed by atoms with Crippen molar-refractivity contribution in [3.05, 3.63) is 29.8 Å². The second-order valence-electron chi connectivity index (χ2n) is 3.88. The summed E-state index contributed by atoms with van der Waals surface area (Å²) in [7, 11) is 0. The van der Waals surface area contributed by atoms with Crippen LogP contribution in [-0.4, -0.2) is 23.7 Å². The topological polar surface area (TPSA) is 40.5 Å². The maximum absolute atomic E-state index is 11.1. The number of nitrogens with zero attached hydrogens (tertiary/aromatic N) is 1. The van der Waals surface area contributed by atoms with Gasteiger partial charge in [-0.2, -0.15) is 0 Å². The van der Waals surface area contributed by atoms with E-state index in [0.29, 0.717) is 13.0 Å². The highest BCUT2D eigenvalue weighted by Crippen LogP contribution is 2.19. The lowest BCUT2D eigenvalue weighted by atomic mass is 10.1. The number of hydrogen-bond donors (Lipinski definition) is 1. The summed E-state index contributed by atoms with van der Waals surface area (Å²) in [5, 5.41) is 9.15. The maximum atomic E-state index is 11.1. The van der Waals surface area contributed by atoms with Gasteiger partial charge in [-0.3, -0.25) is 0 Å². The Labute approximate surface area is 96.7 Å². The molecule has 0 amide bonds. The van der Waals surface area contributed by atoms with Crippen LogP contribution in [0.1, 0.15) is 25.8 Å². The highest BCUT2D eigenvalue weighted by molar-refractivity contribution is 5.78. The normalized spacial score (nSPS) is 12.2. The van der Waals surface area contributed by atoms with E-state index in [1.54, 1.807) is 0 Å². The minimum absolute atomic E-state index is 0.437. The smallest absolute Gasteiger partial charge is 0.326 e. The van der Waals surface area contributed by atoms with Crippen molar-refractivity contribution in [3.63, 3.8) is 0 Å². The third kappa shape index (κ3) is 2.75. The van der Waals surface area contributed by atoms with E-state index in [1.807, 2.05) is 49.9 Å². The Hall–Kier alpha value is -1.51. The molecule has 1 N–H and O–H groups in total. The van der Waals surface area contributed by atoms with Crippen LogP contribution in [0.25, 0.3) is 0 Å². The van der Waals surface area contributed by atoms with Gasteiger partial charge in [0, 0.05) is 12.2 Å². The largest absolute Gasteiger partial charge is 0.480 e. The first-order valence-corrected chi connectivity index (χ1v) is 5.66. The van der Waals surface area contributed by atoms with Gasteiger partial charge in [-0.1, -0.05) is 24.6 Å². The fourth-order valence-electron chi connectivity index (χ4n) is 1.85. The van der Waals surface area contributed by atoms with Crippen LogP contribution >= 0.6 is 0 Å². The van der Waals surface area contributed by atoms with Gasteiger partial charge in [0.05, 0.1) is 0 Å². The van der Waals surface area contributed by atoms with Crippen LogP contribution < -0.4 is 4.90 Å². The summed E-state index contributed by atoms with van der Waals surface area (Å²) in [6.07, 6.45) is 0.608. The first kappa shape index (κ1) is 12.6. The van der Waals surface area contributed by atoms with Crippen LogP contribution in [0, 0.1) is 6.92 Å². The van der Waals surface area contributed by atoms with Crippen molar-refractivity contribution in [2.24, 2.45) is 0 Å². The van der Waals surface area contributed by atoms with Gasteiger partial charge in [0.2, 0.25) is 0 Å². The molecule has 1 aromatic rings. The van der Waals surface area contributed by atoms with Crippen molar-refractivity contribution in [2.75, 3.05) is 11.4 Å². The van der Waals surface area contributed by atoms with E-state index in [2.05, 4.69) is 0 Å². The number of likely N-dealkylation sites (N-methyl/N-ethyl adjacent to an activating group) is 1. The van der Waals surface area contributed by atoms with Gasteiger partial charge >= 0.3 is 5.97 Å². The van der Waals surface area contributed by atoms with Crippen molar-refractivity contribution < 1.29 is 9.90 Å². The van der Waals surface area contributed by atoms with E-state index in [0.717, 1.165) is 5.69 Å². The molecule has 88 valence electrons. The fourth-order valence-corrected chi connectivity index (χ4v) is 1.85. The van der Waals surface area contributed by atoms with Gasteiger partial charge in [-0.15, -0.1) is 0 Å². The molecule has 0 fully saturated rings. The lowest BCUT2D eigenvalue weighted by Gasteiger charge is -2.29. The first-order chi connectivity index (χ1) is 7.60. The highest BCUT2D eigenvalue weighted by Gasteiger charge is 2.22. The minimum Gasteiger partial charge on any atom is -0.480 e. The lowest BCUT2D eigenvalue weighted by molar-refractivity contribution is -0.138. The third-order valence-corrected chi connectivity index (χ3v) is 2.75. The van der Waals surface area contributed by atoms with Crippen molar-refractivity contribution in [2.45, 2.75) is 33.2 Å². The van der Waals surface area contributed by atoms with E-state index in [1.165, 1.54) is 5.56 Å². The molecule has 16 heavy (non-hydrogen) atoms. The van der Waals surface area contributed by atoms with Crippen LogP contribution in [-0.2, 0) is 4.79 Å². The van der Waals surface area contributed by atoms with Gasteiger partial charge in [-0.25, -0.2) is 4.79 Å². The van der Waals surface area contributed by atoms with Crippen molar-refractivity contribution in [3.8, 4) is 0 Å². The van der Waals surface area contributed by atoms with Crippen molar-refractivity contribution >= 4 is 11.7 Å². The molecule has 1 rings (SSSR count). The van der Waals surface area contributed by atoms with Crippen molar-refractivity contribution in [1.29, 1.82) is 0 Å². The second-order valence-corrected chi connectivity index (χ2v) is 3.88. The van der Waals surface area contributed by atoms with Crippen LogP contribution in [0.2, 0.25) is 0 Å². The Morgan fingerprint density at radius 2 is 1.88 bits per heavy atom. The number of benzene rings is 1. The summed E-state index contributed by atoms with van der Waals surface area (Å²) < 4.78 is 0. The molecule has 0 heterocycles. The van der Waals surface area contributed by atoms with Crippen molar-refractivity contribution in [1.82, 2.24) is 0 Å². The number of anilines is 1. The molecule has 0 aromatic heterocycles. The molecule has 0 aliphatic carbocycles. The van der Waals surface area contributed by atoms with Gasteiger partial charge in [0.1, 0.15) is 6.04 Å². The van der Waals surface area contributed by atoms with Crippen LogP contribution in [0.4, 0.5) is 5.69 Å². The average Bonchev–Trinajstić information content (AvgIpc) is 2.26. The predicted octanol–water partition coefficient (Wildman–Crippen LogP) is 2.68. The van der Waals surface area contributed by atoms with Crippen LogP contribution in [0.15, 0.2) is 24.3 Å². The van der Waals surface area contributed by atoms with E-state index < -0.39 is 12.0 Å². The number of carboxylic acids is 1. The van der Waals surface area contributed by atoms with Gasteiger partial charge < -0.3 is 10.0 Å². The molecule has 1 atom stereocenters. The van der Waals surface area contributed by atoms with Gasteiger partial charge in [0.25, 0.3) is 0 Å². The Kier molecular flexibility index (Phi) is 4.35. The third-order valence-electron chi connectivity index (χ3n) is 2.75. The molecule has 1 aromatic carbocycles. The Morgan fingerprint density at radius 1 is 1.31 bits per heavy atom. The lowest BCUT2D eigenvalue weighted by Crippen LogP contribution is -2.40. The summed E-state index contributed by atoms with van der Waals surface area (Å²) in [5.74, 6) is -0.759. The molecule has 0 bridgehead atoms. The Morgan fingerprint density at radius 3 is 2.25 bits per heavy atom. The molecule has 3 nitrogen and oxygen atoms in total. The van der Waals surface area contributed by atoms with Crippen LogP contribution in [0.3, 0.4) is 0 Å². The monoisotopic (exact) mass is 221 g/mol. The van der Waals surface area contributed by atoms with E-state index in [-0.39, 0.29) is 0 Å². The molecule has 0 saturated carbocycles. The molecule has 0 radical (unpaired) electrons. The molecule has 0 spiro atoms. The van der Waals surface area contributed by atoms with Crippen LogP contribution in [0.5, 0.6) is 0 Å². The standard InChI is InChI=1S/C13H19NO2/c1-4-12(13(15)16)14(5-2)11-8-6-10(3)7-9-11/h6-9,12H,4-5H2,1-3H3,(H,15,16)/t12-/m0/s1. The van der Waals surface area contributed by atoms with E-state index >= 15 is 0 Å². The maximum Gasteiger partial charge on any atom is 0.326 e. The zero-order chi connectivity index (χ0) is 12.1. The molecule has 0 saturated heterocycles. The summed E-state index contributed by atoms with van der Waals surface area (Å²) in [6, 6.07) is 7.53. The Bertz CT molecular complexity index is 345. The minimum atomic E-state index is -0.759. The number of aryl methyl sites for hydroxylation is 1. The predicted molar refractivity (Wildman–Crippen MR) is 65.9 cm³/mol. The first-order valence-electron chi connectivity index (χ1n) is 5.66. The number of aliphatic carboxylic acids is 1. The number of hydrogen-bond acceptors (Lipinski definition) is 2. The molecule has 0 unspecified atom stereocenters. The average molecular weight is 221 g/mol. The molecule has 3 heteroatoms. The van der Waals surface area contributed by atoms with Gasteiger partial charge in [-0.05, 0) is 32.4 Å². The zero-order valence-corrected chi connectivity index (χ0v) is 10.1. The summed E-state index contributed by atoms with van der Waals surface area (Å²) in [5.41, 5.74) is 2.16. The SMILES string of the molecule is CC[C@@H](C(=O)O)N(CC)c1ccc(C)cc1. The highest BCUT2D eigenvalue weighted by atomic mass is 16.4. The molecular formula is C13H19NO2. The number of rotatable bonds is 5. The summed E-state index contributed by atoms with van der Waals surface area (Å²) >= 11 is 0.